The molecule has 1 nitrogen and oxygen atoms in total. The van der Waals surface area contributed by atoms with E-state index in [9.17, 15) is 13.9 Å². The van der Waals surface area contributed by atoms with Gasteiger partial charge in [0.1, 0.15) is 0 Å². The van der Waals surface area contributed by atoms with E-state index in [1.807, 2.05) is 24.3 Å². The zero-order chi connectivity index (χ0) is 13.4. The number of aliphatic hydroxyl groups excluding tert-OH is 1. The molecule has 0 saturated heterocycles. The monoisotopic (exact) mass is 278 g/mol. The largest absolute Gasteiger partial charge is 0.388 e. The lowest BCUT2D eigenvalue weighted by Crippen LogP contribution is -2.12. The first kappa shape index (κ1) is 12.6. The fourth-order valence-electron chi connectivity index (χ4n) is 2.41. The first-order chi connectivity index (χ1) is 9.18. The van der Waals surface area contributed by atoms with Crippen LogP contribution in [0.15, 0.2) is 47.4 Å². The molecule has 3 rings (SSSR count). The third-order valence-corrected chi connectivity index (χ3v) is 4.63. The molecule has 4 heteroatoms. The van der Waals surface area contributed by atoms with Crippen LogP contribution in [0.4, 0.5) is 8.78 Å². The standard InChI is InChI=1S/C15H12F2OS/c16-12-6-3-5-10(14(12)17)15(18)11-8-19-13-7-2-1-4-9(11)13/h1-7,11,15,18H,8H2. The zero-order valence-corrected chi connectivity index (χ0v) is 10.8. The van der Waals surface area contributed by atoms with E-state index in [2.05, 4.69) is 0 Å². The van der Waals surface area contributed by atoms with Crippen LogP contribution in [-0.4, -0.2) is 10.9 Å². The number of rotatable bonds is 2. The van der Waals surface area contributed by atoms with Gasteiger partial charge in [0.05, 0.1) is 6.10 Å². The maximum atomic E-state index is 13.7. The molecule has 0 amide bonds. The topological polar surface area (TPSA) is 20.2 Å². The van der Waals surface area contributed by atoms with Gasteiger partial charge < -0.3 is 5.11 Å². The molecule has 1 heterocycles. The van der Waals surface area contributed by atoms with Crippen molar-refractivity contribution in [2.45, 2.75) is 16.9 Å². The molecule has 1 N–H and O–H groups in total. The lowest BCUT2D eigenvalue weighted by atomic mass is 9.90. The lowest BCUT2D eigenvalue weighted by Gasteiger charge is -2.19. The zero-order valence-electron chi connectivity index (χ0n) is 10.0. The van der Waals surface area contributed by atoms with Crippen molar-refractivity contribution in [3.8, 4) is 0 Å². The average molecular weight is 278 g/mol. The molecule has 0 aliphatic carbocycles. The molecule has 0 fully saturated rings. The van der Waals surface area contributed by atoms with E-state index in [1.54, 1.807) is 11.8 Å². The van der Waals surface area contributed by atoms with Crippen LogP contribution in [0, 0.1) is 11.6 Å². The molecule has 2 aromatic rings. The molecule has 1 aliphatic heterocycles. The van der Waals surface area contributed by atoms with Crippen LogP contribution in [0.3, 0.4) is 0 Å². The summed E-state index contributed by atoms with van der Waals surface area (Å²) >= 11 is 1.63. The summed E-state index contributed by atoms with van der Waals surface area (Å²) in [4.78, 5) is 1.10. The minimum atomic E-state index is -1.02. The van der Waals surface area contributed by atoms with Crippen molar-refractivity contribution >= 4 is 11.8 Å². The molecular weight excluding hydrogens is 266 g/mol. The summed E-state index contributed by atoms with van der Waals surface area (Å²) in [5.74, 6) is -1.39. The third kappa shape index (κ3) is 2.15. The van der Waals surface area contributed by atoms with Crippen LogP contribution < -0.4 is 0 Å². The molecule has 0 aromatic heterocycles. The Morgan fingerprint density at radius 2 is 1.89 bits per heavy atom. The highest BCUT2D eigenvalue weighted by Gasteiger charge is 2.31. The fourth-order valence-corrected chi connectivity index (χ4v) is 3.70. The smallest absolute Gasteiger partial charge is 0.164 e. The number of benzene rings is 2. The van der Waals surface area contributed by atoms with E-state index in [0.29, 0.717) is 5.75 Å². The number of fused-ring (bicyclic) bond motifs is 1. The molecule has 0 saturated carbocycles. The molecule has 98 valence electrons. The molecule has 2 unspecified atom stereocenters. The number of hydrogen-bond donors (Lipinski definition) is 1. The molecule has 1 aliphatic rings. The molecule has 0 spiro atoms. The highest BCUT2D eigenvalue weighted by atomic mass is 32.2. The van der Waals surface area contributed by atoms with Crippen LogP contribution >= 0.6 is 11.8 Å². The second-order valence-corrected chi connectivity index (χ2v) is 5.61. The minimum Gasteiger partial charge on any atom is -0.388 e. The van der Waals surface area contributed by atoms with Gasteiger partial charge in [-0.2, -0.15) is 0 Å². The van der Waals surface area contributed by atoms with Crippen molar-refractivity contribution in [1.82, 2.24) is 0 Å². The Bertz CT molecular complexity index is 615. The van der Waals surface area contributed by atoms with Gasteiger partial charge in [-0.1, -0.05) is 30.3 Å². The molecule has 0 bridgehead atoms. The molecule has 19 heavy (non-hydrogen) atoms. The van der Waals surface area contributed by atoms with Gasteiger partial charge >= 0.3 is 0 Å². The first-order valence-corrected chi connectivity index (χ1v) is 7.00. The summed E-state index contributed by atoms with van der Waals surface area (Å²) in [5.41, 5.74) is 1.03. The van der Waals surface area contributed by atoms with Crippen molar-refractivity contribution in [2.24, 2.45) is 0 Å². The summed E-state index contributed by atoms with van der Waals surface area (Å²) in [6.45, 7) is 0. The number of halogens is 2. The highest BCUT2D eigenvalue weighted by Crippen LogP contribution is 2.45. The van der Waals surface area contributed by atoms with Crippen LogP contribution in [-0.2, 0) is 0 Å². The Kier molecular flexibility index (Phi) is 3.29. The predicted octanol–water partition coefficient (Wildman–Crippen LogP) is 3.89. The van der Waals surface area contributed by atoms with Gasteiger partial charge in [0.2, 0.25) is 0 Å². The van der Waals surface area contributed by atoms with Crippen molar-refractivity contribution in [2.75, 3.05) is 5.75 Å². The number of aliphatic hydroxyl groups is 1. The minimum absolute atomic E-state index is 0.0299. The lowest BCUT2D eigenvalue weighted by molar-refractivity contribution is 0.148. The summed E-state index contributed by atoms with van der Waals surface area (Å²) in [6, 6.07) is 11.7. The predicted molar refractivity (Wildman–Crippen MR) is 71.2 cm³/mol. The Morgan fingerprint density at radius 3 is 2.74 bits per heavy atom. The number of thioether (sulfide) groups is 1. The Balaban J connectivity index is 1.98. The quantitative estimate of drug-likeness (QED) is 0.899. The molecular formula is C15H12F2OS. The van der Waals surface area contributed by atoms with Crippen molar-refractivity contribution in [3.63, 3.8) is 0 Å². The molecule has 2 atom stereocenters. The van der Waals surface area contributed by atoms with E-state index >= 15 is 0 Å². The van der Waals surface area contributed by atoms with E-state index in [0.717, 1.165) is 16.5 Å². The van der Waals surface area contributed by atoms with E-state index in [-0.39, 0.29) is 11.5 Å². The average Bonchev–Trinajstić information content (AvgIpc) is 2.85. The second kappa shape index (κ2) is 4.94. The van der Waals surface area contributed by atoms with Crippen LogP contribution in [0.1, 0.15) is 23.1 Å². The van der Waals surface area contributed by atoms with Crippen molar-refractivity contribution < 1.29 is 13.9 Å². The Hall–Kier alpha value is -1.39. The van der Waals surface area contributed by atoms with Gasteiger partial charge in [0, 0.05) is 22.1 Å². The highest BCUT2D eigenvalue weighted by molar-refractivity contribution is 7.99. The maximum Gasteiger partial charge on any atom is 0.164 e. The SMILES string of the molecule is OC(c1cccc(F)c1F)C1CSc2ccccc21. The molecule has 0 radical (unpaired) electrons. The summed E-state index contributed by atoms with van der Waals surface area (Å²) < 4.78 is 27.0. The maximum absolute atomic E-state index is 13.7. The van der Waals surface area contributed by atoms with Crippen molar-refractivity contribution in [3.05, 3.63) is 65.2 Å². The van der Waals surface area contributed by atoms with Gasteiger partial charge in [0.15, 0.2) is 11.6 Å². The van der Waals surface area contributed by atoms with Gasteiger partial charge in [-0.3, -0.25) is 0 Å². The van der Waals surface area contributed by atoms with Crippen LogP contribution in [0.5, 0.6) is 0 Å². The normalized spacial score (nSPS) is 19.2. The van der Waals surface area contributed by atoms with Gasteiger partial charge in [-0.15, -0.1) is 11.8 Å². The second-order valence-electron chi connectivity index (χ2n) is 4.54. The Labute approximate surface area is 114 Å². The summed E-state index contributed by atoms with van der Waals surface area (Å²) in [7, 11) is 0. The fraction of sp³-hybridized carbons (Fsp3) is 0.200. The van der Waals surface area contributed by atoms with Gasteiger partial charge in [0.25, 0.3) is 0 Å². The van der Waals surface area contributed by atoms with E-state index < -0.39 is 17.7 Å². The van der Waals surface area contributed by atoms with E-state index in [4.69, 9.17) is 0 Å². The van der Waals surface area contributed by atoms with Crippen LogP contribution in [0.2, 0.25) is 0 Å². The first-order valence-electron chi connectivity index (χ1n) is 6.02. The third-order valence-electron chi connectivity index (χ3n) is 3.42. The van der Waals surface area contributed by atoms with Crippen LogP contribution in [0.25, 0.3) is 0 Å². The van der Waals surface area contributed by atoms with E-state index in [1.165, 1.54) is 12.1 Å². The van der Waals surface area contributed by atoms with Gasteiger partial charge in [-0.05, 0) is 17.7 Å². The number of hydrogen-bond acceptors (Lipinski definition) is 2. The molecule has 2 aromatic carbocycles. The summed E-state index contributed by atoms with van der Waals surface area (Å²) in [6.07, 6.45) is -1.02. The van der Waals surface area contributed by atoms with Crippen molar-refractivity contribution in [1.29, 1.82) is 0 Å². The van der Waals surface area contributed by atoms with Gasteiger partial charge in [-0.25, -0.2) is 8.78 Å². The Morgan fingerprint density at radius 1 is 1.11 bits per heavy atom. The summed E-state index contributed by atoms with van der Waals surface area (Å²) in [5, 5.41) is 10.4.